The Balaban J connectivity index is 1.93. The maximum absolute atomic E-state index is 13.4. The second-order valence-corrected chi connectivity index (χ2v) is 9.02. The number of hydrogen-bond donors (Lipinski definition) is 1. The van der Waals surface area contributed by atoms with Gasteiger partial charge in [-0.25, -0.2) is 4.79 Å². The van der Waals surface area contributed by atoms with E-state index in [0.29, 0.717) is 0 Å². The first-order chi connectivity index (χ1) is 15.7. The molecule has 0 aromatic heterocycles. The minimum absolute atomic E-state index is 0.135. The van der Waals surface area contributed by atoms with Crippen LogP contribution >= 0.6 is 0 Å². The van der Waals surface area contributed by atoms with Crippen LogP contribution in [0.3, 0.4) is 0 Å². The summed E-state index contributed by atoms with van der Waals surface area (Å²) in [4.78, 5) is 26.2. The van der Waals surface area contributed by atoms with Crippen LogP contribution < -0.4 is 5.32 Å². The number of benzene rings is 3. The predicted molar refractivity (Wildman–Crippen MR) is 129 cm³/mol. The minimum atomic E-state index is -0.752. The molecule has 0 aliphatic heterocycles. The zero-order valence-corrected chi connectivity index (χ0v) is 19.6. The number of rotatable bonds is 7. The lowest BCUT2D eigenvalue weighted by atomic mass is 9.86. The molecular weight excluding hydrogens is 414 g/mol. The van der Waals surface area contributed by atoms with E-state index in [1.165, 1.54) is 0 Å². The standard InChI is InChI=1S/C28H31NO4/c1-20-15-17-23(18-16-20)25(29-27(31)32-19-21-11-7-5-8-12-21)24(22-13-9-6-10-14-22)26(30)33-28(2,3)4/h5-18,24-25H,19H2,1-4H3,(H,29,31)/t24-,25-/m0/s1. The van der Waals surface area contributed by atoms with Crippen molar-refractivity contribution in [1.29, 1.82) is 0 Å². The quantitative estimate of drug-likeness (QED) is 0.447. The number of carbonyl (C=O) groups is 2. The minimum Gasteiger partial charge on any atom is -0.459 e. The molecule has 0 saturated heterocycles. The topological polar surface area (TPSA) is 64.6 Å². The van der Waals surface area contributed by atoms with Crippen LogP contribution in [0.1, 0.15) is 55.0 Å². The third kappa shape index (κ3) is 7.21. The maximum Gasteiger partial charge on any atom is 0.407 e. The van der Waals surface area contributed by atoms with Crippen molar-refractivity contribution in [3.8, 4) is 0 Å². The maximum atomic E-state index is 13.4. The van der Waals surface area contributed by atoms with Gasteiger partial charge in [0, 0.05) is 0 Å². The summed E-state index contributed by atoms with van der Waals surface area (Å²) in [5, 5.41) is 2.93. The average Bonchev–Trinajstić information content (AvgIpc) is 2.78. The molecule has 3 rings (SSSR count). The van der Waals surface area contributed by atoms with Gasteiger partial charge < -0.3 is 14.8 Å². The summed E-state index contributed by atoms with van der Waals surface area (Å²) in [6, 6.07) is 25.9. The van der Waals surface area contributed by atoms with Gasteiger partial charge >= 0.3 is 12.1 Å². The lowest BCUT2D eigenvalue weighted by Crippen LogP contribution is -2.38. The second kappa shape index (κ2) is 10.8. The SMILES string of the molecule is Cc1ccc([C@H](NC(=O)OCc2ccccc2)[C@@H](C(=O)OC(C)(C)C)c2ccccc2)cc1. The monoisotopic (exact) mass is 445 g/mol. The van der Waals surface area contributed by atoms with Crippen LogP contribution in [0.4, 0.5) is 4.79 Å². The van der Waals surface area contributed by atoms with Crippen LogP contribution in [0, 0.1) is 6.92 Å². The van der Waals surface area contributed by atoms with Crippen molar-refractivity contribution < 1.29 is 19.1 Å². The van der Waals surface area contributed by atoms with Gasteiger partial charge in [-0.3, -0.25) is 4.79 Å². The highest BCUT2D eigenvalue weighted by Crippen LogP contribution is 2.34. The summed E-state index contributed by atoms with van der Waals surface area (Å²) in [7, 11) is 0. The van der Waals surface area contributed by atoms with Gasteiger partial charge in [0.2, 0.25) is 0 Å². The summed E-state index contributed by atoms with van der Waals surface area (Å²) in [5.74, 6) is -1.17. The number of nitrogens with one attached hydrogen (secondary N) is 1. The van der Waals surface area contributed by atoms with Crippen LogP contribution in [0.5, 0.6) is 0 Å². The molecule has 0 spiro atoms. The van der Waals surface area contributed by atoms with E-state index in [2.05, 4.69) is 5.32 Å². The summed E-state index contributed by atoms with van der Waals surface area (Å²) in [5.41, 5.74) is 2.83. The zero-order valence-electron chi connectivity index (χ0n) is 19.6. The molecule has 5 heteroatoms. The molecule has 0 bridgehead atoms. The number of carbonyl (C=O) groups excluding carboxylic acids is 2. The first-order valence-corrected chi connectivity index (χ1v) is 11.0. The number of alkyl carbamates (subject to hydrolysis) is 1. The highest BCUT2D eigenvalue weighted by molar-refractivity contribution is 5.81. The molecule has 0 radical (unpaired) electrons. The van der Waals surface area contributed by atoms with Gasteiger partial charge in [0.05, 0.1) is 6.04 Å². The van der Waals surface area contributed by atoms with Crippen LogP contribution in [0.25, 0.3) is 0 Å². The Hall–Kier alpha value is -3.60. The first-order valence-electron chi connectivity index (χ1n) is 11.0. The van der Waals surface area contributed by atoms with Crippen molar-refractivity contribution in [2.24, 2.45) is 0 Å². The third-order valence-corrected chi connectivity index (χ3v) is 5.08. The van der Waals surface area contributed by atoms with E-state index < -0.39 is 29.6 Å². The fourth-order valence-corrected chi connectivity index (χ4v) is 3.51. The highest BCUT2D eigenvalue weighted by Gasteiger charge is 2.36. The Labute approximate surface area is 195 Å². The number of ether oxygens (including phenoxy) is 2. The summed E-state index contributed by atoms with van der Waals surface area (Å²) in [6.45, 7) is 7.61. The van der Waals surface area contributed by atoms with Gasteiger partial charge in [0.25, 0.3) is 0 Å². The number of esters is 1. The van der Waals surface area contributed by atoms with Gasteiger partial charge in [-0.1, -0.05) is 90.5 Å². The van der Waals surface area contributed by atoms with E-state index in [1.54, 1.807) is 0 Å². The van der Waals surface area contributed by atoms with E-state index in [9.17, 15) is 9.59 Å². The van der Waals surface area contributed by atoms with Crippen molar-refractivity contribution in [3.63, 3.8) is 0 Å². The molecule has 3 aromatic rings. The normalized spacial score (nSPS) is 13.0. The van der Waals surface area contributed by atoms with Gasteiger partial charge in [-0.05, 0) is 44.4 Å². The Bertz CT molecular complexity index is 1040. The van der Waals surface area contributed by atoms with Crippen molar-refractivity contribution in [2.45, 2.75) is 51.9 Å². The van der Waals surface area contributed by atoms with Gasteiger partial charge in [0.15, 0.2) is 0 Å². The van der Waals surface area contributed by atoms with E-state index in [0.717, 1.165) is 22.3 Å². The Morgan fingerprint density at radius 3 is 1.97 bits per heavy atom. The lowest BCUT2D eigenvalue weighted by molar-refractivity contribution is -0.157. The van der Waals surface area contributed by atoms with E-state index in [4.69, 9.17) is 9.47 Å². The predicted octanol–water partition coefficient (Wildman–Crippen LogP) is 6.09. The number of amides is 1. The zero-order chi connectivity index (χ0) is 23.8. The van der Waals surface area contributed by atoms with Crippen LogP contribution in [0.2, 0.25) is 0 Å². The number of aryl methyl sites for hydroxylation is 1. The van der Waals surface area contributed by atoms with Crippen LogP contribution in [0.15, 0.2) is 84.9 Å². The Kier molecular flexibility index (Phi) is 7.88. The fourth-order valence-electron chi connectivity index (χ4n) is 3.51. The summed E-state index contributed by atoms with van der Waals surface area (Å²) >= 11 is 0. The molecule has 0 saturated carbocycles. The molecule has 5 nitrogen and oxygen atoms in total. The second-order valence-electron chi connectivity index (χ2n) is 9.02. The van der Waals surface area contributed by atoms with E-state index in [1.807, 2.05) is 113 Å². The molecule has 33 heavy (non-hydrogen) atoms. The van der Waals surface area contributed by atoms with Crippen LogP contribution in [-0.2, 0) is 20.9 Å². The van der Waals surface area contributed by atoms with Crippen LogP contribution in [-0.4, -0.2) is 17.7 Å². The Morgan fingerprint density at radius 1 is 0.818 bits per heavy atom. The van der Waals surface area contributed by atoms with Crippen molar-refractivity contribution in [2.75, 3.05) is 0 Å². The van der Waals surface area contributed by atoms with Gasteiger partial charge in [-0.15, -0.1) is 0 Å². The summed E-state index contributed by atoms with van der Waals surface area (Å²) < 4.78 is 11.2. The van der Waals surface area contributed by atoms with Crippen molar-refractivity contribution in [1.82, 2.24) is 5.32 Å². The Morgan fingerprint density at radius 2 is 1.39 bits per heavy atom. The van der Waals surface area contributed by atoms with Gasteiger partial charge in [-0.2, -0.15) is 0 Å². The first kappa shape index (κ1) is 24.1. The molecule has 1 amide bonds. The molecule has 0 fully saturated rings. The molecule has 172 valence electrons. The van der Waals surface area contributed by atoms with Crippen molar-refractivity contribution >= 4 is 12.1 Å². The average molecular weight is 446 g/mol. The van der Waals surface area contributed by atoms with Crippen molar-refractivity contribution in [3.05, 3.63) is 107 Å². The molecule has 2 atom stereocenters. The molecule has 0 heterocycles. The largest absolute Gasteiger partial charge is 0.459 e. The smallest absolute Gasteiger partial charge is 0.407 e. The summed E-state index contributed by atoms with van der Waals surface area (Å²) in [6.07, 6.45) is -0.603. The van der Waals surface area contributed by atoms with Gasteiger partial charge in [0.1, 0.15) is 18.1 Å². The molecule has 0 aliphatic carbocycles. The third-order valence-electron chi connectivity index (χ3n) is 5.08. The van der Waals surface area contributed by atoms with E-state index in [-0.39, 0.29) is 6.61 Å². The highest BCUT2D eigenvalue weighted by atomic mass is 16.6. The molecule has 1 N–H and O–H groups in total. The molecule has 0 unspecified atom stereocenters. The lowest BCUT2D eigenvalue weighted by Gasteiger charge is -2.30. The number of hydrogen-bond acceptors (Lipinski definition) is 4. The molecule has 0 aliphatic rings. The molecular formula is C28H31NO4. The van der Waals surface area contributed by atoms with E-state index >= 15 is 0 Å². The molecule has 3 aromatic carbocycles. The fraction of sp³-hybridized carbons (Fsp3) is 0.286.